The highest BCUT2D eigenvalue weighted by Gasteiger charge is 2.22. The number of rotatable bonds is 7. The number of nitrogens with zero attached hydrogens (tertiary/aromatic N) is 1. The van der Waals surface area contributed by atoms with Gasteiger partial charge in [-0.2, -0.15) is 0 Å². The maximum atomic E-state index is 5.65. The lowest BCUT2D eigenvalue weighted by atomic mass is 10.1. The van der Waals surface area contributed by atoms with E-state index in [4.69, 9.17) is 18.0 Å². The van der Waals surface area contributed by atoms with Gasteiger partial charge in [0, 0.05) is 12.6 Å². The van der Waals surface area contributed by atoms with Gasteiger partial charge >= 0.3 is 0 Å². The third-order valence-electron chi connectivity index (χ3n) is 3.25. The van der Waals surface area contributed by atoms with Crippen molar-refractivity contribution in [2.75, 3.05) is 13.1 Å². The van der Waals surface area contributed by atoms with Crippen LogP contribution in [-0.4, -0.2) is 29.0 Å². The molecular formula is C12H24N2S. The Bertz CT molecular complexity index is 188. The first-order valence-electron chi connectivity index (χ1n) is 6.26. The number of hydrogen-bond donors (Lipinski definition) is 1. The summed E-state index contributed by atoms with van der Waals surface area (Å²) in [6.45, 7) is 4.24. The zero-order chi connectivity index (χ0) is 11.1. The number of nitrogens with two attached hydrogens (primary N) is 1. The summed E-state index contributed by atoms with van der Waals surface area (Å²) in [5, 5.41) is 0. The van der Waals surface area contributed by atoms with Gasteiger partial charge in [0.15, 0.2) is 0 Å². The second kappa shape index (κ2) is 7.18. The van der Waals surface area contributed by atoms with Crippen LogP contribution in [0.3, 0.4) is 0 Å². The highest BCUT2D eigenvalue weighted by atomic mass is 32.1. The molecule has 0 unspecified atom stereocenters. The summed E-state index contributed by atoms with van der Waals surface area (Å²) in [7, 11) is 0. The number of unbranched alkanes of at least 4 members (excludes halogenated alkanes) is 2. The maximum Gasteiger partial charge on any atom is 0.0870 e. The third-order valence-corrected chi connectivity index (χ3v) is 3.38. The quantitative estimate of drug-likeness (QED) is 0.536. The zero-order valence-corrected chi connectivity index (χ0v) is 10.7. The minimum Gasteiger partial charge on any atom is -0.392 e. The molecule has 0 saturated heterocycles. The Hall–Kier alpha value is -0.150. The molecule has 0 amide bonds. The van der Waals surface area contributed by atoms with Gasteiger partial charge in [0.1, 0.15) is 0 Å². The molecule has 3 heteroatoms. The lowest BCUT2D eigenvalue weighted by Crippen LogP contribution is -2.40. The molecule has 1 fully saturated rings. The van der Waals surface area contributed by atoms with Crippen LogP contribution in [0.5, 0.6) is 0 Å². The molecule has 1 rings (SSSR count). The Balaban J connectivity index is 2.33. The van der Waals surface area contributed by atoms with Crippen LogP contribution in [0.2, 0.25) is 0 Å². The first-order valence-corrected chi connectivity index (χ1v) is 6.67. The molecular weight excluding hydrogens is 204 g/mol. The molecule has 0 aromatic carbocycles. The predicted octanol–water partition coefficient (Wildman–Crippen LogP) is 2.71. The van der Waals surface area contributed by atoms with Crippen LogP contribution >= 0.6 is 12.2 Å². The van der Waals surface area contributed by atoms with Gasteiger partial charge in [-0.1, -0.05) is 44.8 Å². The molecule has 1 aliphatic rings. The molecule has 0 spiro atoms. The normalized spacial score (nSPS) is 17.5. The van der Waals surface area contributed by atoms with E-state index in [1.807, 2.05) is 0 Å². The van der Waals surface area contributed by atoms with Gasteiger partial charge < -0.3 is 5.73 Å². The van der Waals surface area contributed by atoms with Gasteiger partial charge in [-0.05, 0) is 25.8 Å². The standard InChI is InChI=1S/C12H24N2S/c1-2-3-6-9-14(10-12(13)15)11-7-4-5-8-11/h11H,2-10H2,1H3,(H2,13,15). The van der Waals surface area contributed by atoms with Crippen LogP contribution in [0.15, 0.2) is 0 Å². The molecule has 0 aromatic rings. The average molecular weight is 228 g/mol. The van der Waals surface area contributed by atoms with Crippen molar-refractivity contribution < 1.29 is 0 Å². The monoisotopic (exact) mass is 228 g/mol. The van der Waals surface area contributed by atoms with Gasteiger partial charge in [0.05, 0.1) is 4.99 Å². The van der Waals surface area contributed by atoms with Crippen molar-refractivity contribution in [2.24, 2.45) is 5.73 Å². The Labute approximate surface area is 99.2 Å². The molecule has 88 valence electrons. The van der Waals surface area contributed by atoms with E-state index >= 15 is 0 Å². The van der Waals surface area contributed by atoms with Crippen molar-refractivity contribution in [2.45, 2.75) is 57.9 Å². The third kappa shape index (κ3) is 4.94. The molecule has 15 heavy (non-hydrogen) atoms. The molecule has 0 aliphatic heterocycles. The van der Waals surface area contributed by atoms with Crippen LogP contribution in [-0.2, 0) is 0 Å². The van der Waals surface area contributed by atoms with Gasteiger partial charge in [0.25, 0.3) is 0 Å². The molecule has 1 aliphatic carbocycles. The smallest absolute Gasteiger partial charge is 0.0870 e. The molecule has 0 heterocycles. The van der Waals surface area contributed by atoms with E-state index in [1.165, 1.54) is 51.5 Å². The summed E-state index contributed by atoms with van der Waals surface area (Å²) in [5.74, 6) is 0. The fourth-order valence-electron chi connectivity index (χ4n) is 2.43. The Morgan fingerprint density at radius 1 is 1.33 bits per heavy atom. The van der Waals surface area contributed by atoms with Crippen molar-refractivity contribution in [3.63, 3.8) is 0 Å². The highest BCUT2D eigenvalue weighted by Crippen LogP contribution is 2.23. The largest absolute Gasteiger partial charge is 0.392 e. The zero-order valence-electron chi connectivity index (χ0n) is 9.87. The summed E-state index contributed by atoms with van der Waals surface area (Å²) < 4.78 is 0. The van der Waals surface area contributed by atoms with Crippen LogP contribution < -0.4 is 5.73 Å². The summed E-state index contributed by atoms with van der Waals surface area (Å²) >= 11 is 5.02. The Morgan fingerprint density at radius 3 is 2.53 bits per heavy atom. The van der Waals surface area contributed by atoms with E-state index < -0.39 is 0 Å². The highest BCUT2D eigenvalue weighted by molar-refractivity contribution is 7.80. The molecule has 1 saturated carbocycles. The SMILES string of the molecule is CCCCCN(CC(N)=S)C1CCCC1. The molecule has 0 radical (unpaired) electrons. The molecule has 2 N–H and O–H groups in total. The summed E-state index contributed by atoms with van der Waals surface area (Å²) in [5.41, 5.74) is 5.65. The maximum absolute atomic E-state index is 5.65. The molecule has 0 aromatic heterocycles. The lowest BCUT2D eigenvalue weighted by molar-refractivity contribution is 0.223. The Kier molecular flexibility index (Phi) is 6.18. The minimum atomic E-state index is 0.651. The minimum absolute atomic E-state index is 0.651. The van der Waals surface area contributed by atoms with E-state index in [2.05, 4.69) is 11.8 Å². The van der Waals surface area contributed by atoms with E-state index in [1.54, 1.807) is 0 Å². The summed E-state index contributed by atoms with van der Waals surface area (Å²) in [6, 6.07) is 0.753. The lowest BCUT2D eigenvalue weighted by Gasteiger charge is -2.28. The topological polar surface area (TPSA) is 29.3 Å². The fraction of sp³-hybridized carbons (Fsp3) is 0.917. The molecule has 0 bridgehead atoms. The fourth-order valence-corrected chi connectivity index (χ4v) is 2.59. The van der Waals surface area contributed by atoms with Crippen molar-refractivity contribution in [3.8, 4) is 0 Å². The summed E-state index contributed by atoms with van der Waals surface area (Å²) in [6.07, 6.45) is 9.34. The molecule has 0 atom stereocenters. The van der Waals surface area contributed by atoms with E-state index in [0.717, 1.165) is 12.6 Å². The second-order valence-corrected chi connectivity index (χ2v) is 5.11. The second-order valence-electron chi connectivity index (χ2n) is 4.58. The van der Waals surface area contributed by atoms with Gasteiger partial charge in [-0.15, -0.1) is 0 Å². The predicted molar refractivity (Wildman–Crippen MR) is 70.1 cm³/mol. The first-order chi connectivity index (χ1) is 7.24. The van der Waals surface area contributed by atoms with Gasteiger partial charge in [-0.25, -0.2) is 0 Å². The average Bonchev–Trinajstić information content (AvgIpc) is 2.68. The first kappa shape index (κ1) is 12.9. The van der Waals surface area contributed by atoms with Crippen LogP contribution in [0.4, 0.5) is 0 Å². The van der Waals surface area contributed by atoms with Crippen molar-refractivity contribution >= 4 is 17.2 Å². The van der Waals surface area contributed by atoms with E-state index in [-0.39, 0.29) is 0 Å². The van der Waals surface area contributed by atoms with Crippen LogP contribution in [0.1, 0.15) is 51.9 Å². The van der Waals surface area contributed by atoms with Gasteiger partial charge in [-0.3, -0.25) is 4.90 Å². The van der Waals surface area contributed by atoms with Crippen LogP contribution in [0.25, 0.3) is 0 Å². The van der Waals surface area contributed by atoms with Crippen LogP contribution in [0, 0.1) is 0 Å². The Morgan fingerprint density at radius 2 is 2.00 bits per heavy atom. The number of hydrogen-bond acceptors (Lipinski definition) is 2. The van der Waals surface area contributed by atoms with E-state index in [9.17, 15) is 0 Å². The van der Waals surface area contributed by atoms with Gasteiger partial charge in [0.2, 0.25) is 0 Å². The van der Waals surface area contributed by atoms with Crippen molar-refractivity contribution in [1.82, 2.24) is 4.90 Å². The van der Waals surface area contributed by atoms with Crippen molar-refractivity contribution in [1.29, 1.82) is 0 Å². The van der Waals surface area contributed by atoms with E-state index in [0.29, 0.717) is 4.99 Å². The molecule has 2 nitrogen and oxygen atoms in total. The number of thiocarbonyl (C=S) groups is 1. The summed E-state index contributed by atoms with van der Waals surface area (Å²) in [4.78, 5) is 3.16. The van der Waals surface area contributed by atoms with Crippen molar-refractivity contribution in [3.05, 3.63) is 0 Å².